The molecule has 1 amide bonds. The summed E-state index contributed by atoms with van der Waals surface area (Å²) in [5, 5.41) is 8.12. The monoisotopic (exact) mass is 504 g/mol. The van der Waals surface area contributed by atoms with Gasteiger partial charge in [-0.25, -0.2) is 9.97 Å². The maximum absolute atomic E-state index is 13.1. The second-order valence-corrected chi connectivity index (χ2v) is 9.26. The first-order chi connectivity index (χ1) is 17.2. The highest BCUT2D eigenvalue weighted by Gasteiger charge is 2.17. The summed E-state index contributed by atoms with van der Waals surface area (Å²) < 4.78 is 7.40. The number of nitrogens with zero attached hydrogens (tertiary/aromatic N) is 5. The van der Waals surface area contributed by atoms with Crippen molar-refractivity contribution in [3.63, 3.8) is 0 Å². The number of methoxy groups -OCH3 is 1. The molecular formula is C27H29ClN6O2. The Morgan fingerprint density at radius 2 is 2.00 bits per heavy atom. The molecule has 9 heteroatoms. The number of anilines is 2. The standard InChI is InChI=1S/C27H29ClN6O2/c1-17(2)34-12-11-23(32-34)25-21(28)15-29-27(31-25)30-22-10-9-20(14-24(22)36-5)26(35)33(4)16-19-8-6-7-18(3)13-19/h6-15,17H,16H2,1-5H3,(H,29,30,31). The molecule has 4 aromatic rings. The maximum Gasteiger partial charge on any atom is 0.254 e. The Bertz CT molecular complexity index is 1380. The average Bonchev–Trinajstić information content (AvgIpc) is 3.35. The zero-order valence-electron chi connectivity index (χ0n) is 21.0. The van der Waals surface area contributed by atoms with Crippen molar-refractivity contribution in [2.45, 2.75) is 33.4 Å². The molecule has 0 aliphatic carbocycles. The first kappa shape index (κ1) is 25.2. The van der Waals surface area contributed by atoms with Crippen LogP contribution in [0.25, 0.3) is 11.4 Å². The first-order valence-electron chi connectivity index (χ1n) is 11.6. The third kappa shape index (κ3) is 5.66. The van der Waals surface area contributed by atoms with Gasteiger partial charge in [0.15, 0.2) is 0 Å². The zero-order chi connectivity index (χ0) is 25.8. The number of halogens is 1. The van der Waals surface area contributed by atoms with Crippen molar-refractivity contribution < 1.29 is 9.53 Å². The van der Waals surface area contributed by atoms with Gasteiger partial charge in [-0.3, -0.25) is 9.48 Å². The highest BCUT2D eigenvalue weighted by molar-refractivity contribution is 6.32. The van der Waals surface area contributed by atoms with E-state index in [1.807, 2.05) is 55.9 Å². The van der Waals surface area contributed by atoms with Crippen LogP contribution in [0.5, 0.6) is 5.75 Å². The summed E-state index contributed by atoms with van der Waals surface area (Å²) in [6.07, 6.45) is 3.42. The Balaban J connectivity index is 1.54. The van der Waals surface area contributed by atoms with Crippen LogP contribution in [0, 0.1) is 6.92 Å². The minimum atomic E-state index is -0.105. The molecule has 0 spiro atoms. The summed E-state index contributed by atoms with van der Waals surface area (Å²) in [7, 11) is 3.34. The third-order valence-electron chi connectivity index (χ3n) is 5.67. The molecule has 2 aromatic heterocycles. The lowest BCUT2D eigenvalue weighted by Crippen LogP contribution is -2.26. The van der Waals surface area contributed by atoms with E-state index in [0.717, 1.165) is 11.1 Å². The summed E-state index contributed by atoms with van der Waals surface area (Å²) in [5.41, 5.74) is 4.55. The number of hydrogen-bond donors (Lipinski definition) is 1. The Hall–Kier alpha value is -3.91. The summed E-state index contributed by atoms with van der Waals surface area (Å²) in [6.45, 7) is 6.64. The number of hydrogen-bond acceptors (Lipinski definition) is 6. The van der Waals surface area contributed by atoms with Crippen LogP contribution >= 0.6 is 11.6 Å². The van der Waals surface area contributed by atoms with Crippen LogP contribution in [0.15, 0.2) is 60.9 Å². The average molecular weight is 505 g/mol. The van der Waals surface area contributed by atoms with Gasteiger partial charge in [-0.05, 0) is 50.6 Å². The van der Waals surface area contributed by atoms with Crippen molar-refractivity contribution in [1.82, 2.24) is 24.6 Å². The molecule has 36 heavy (non-hydrogen) atoms. The van der Waals surface area contributed by atoms with Gasteiger partial charge < -0.3 is 15.0 Å². The van der Waals surface area contributed by atoms with Gasteiger partial charge >= 0.3 is 0 Å². The molecule has 0 atom stereocenters. The van der Waals surface area contributed by atoms with E-state index in [0.29, 0.717) is 45.9 Å². The largest absolute Gasteiger partial charge is 0.495 e. The molecule has 2 aromatic carbocycles. The predicted octanol–water partition coefficient (Wildman–Crippen LogP) is 5.91. The second-order valence-electron chi connectivity index (χ2n) is 8.86. The van der Waals surface area contributed by atoms with Gasteiger partial charge in [0, 0.05) is 31.4 Å². The fraction of sp³-hybridized carbons (Fsp3) is 0.259. The molecule has 0 aliphatic heterocycles. The van der Waals surface area contributed by atoms with Gasteiger partial charge in [-0.1, -0.05) is 41.4 Å². The number of amides is 1. The van der Waals surface area contributed by atoms with Gasteiger partial charge in [-0.15, -0.1) is 0 Å². The number of nitrogens with one attached hydrogen (secondary N) is 1. The minimum Gasteiger partial charge on any atom is -0.495 e. The van der Waals surface area contributed by atoms with E-state index in [4.69, 9.17) is 16.3 Å². The fourth-order valence-corrected chi connectivity index (χ4v) is 3.97. The lowest BCUT2D eigenvalue weighted by molar-refractivity contribution is 0.0784. The van der Waals surface area contributed by atoms with Crippen LogP contribution in [-0.4, -0.2) is 44.7 Å². The van der Waals surface area contributed by atoms with E-state index in [9.17, 15) is 4.79 Å². The zero-order valence-corrected chi connectivity index (χ0v) is 21.7. The molecule has 2 heterocycles. The van der Waals surface area contributed by atoms with Gasteiger partial charge in [0.25, 0.3) is 5.91 Å². The number of carbonyl (C=O) groups excluding carboxylic acids is 1. The quantitative estimate of drug-likeness (QED) is 0.321. The van der Waals surface area contributed by atoms with Crippen molar-refractivity contribution in [3.8, 4) is 17.1 Å². The van der Waals surface area contributed by atoms with Crippen molar-refractivity contribution in [2.24, 2.45) is 0 Å². The first-order valence-corrected chi connectivity index (χ1v) is 12.0. The van der Waals surface area contributed by atoms with Crippen molar-refractivity contribution >= 4 is 29.1 Å². The molecule has 186 valence electrons. The molecule has 0 saturated carbocycles. The number of ether oxygens (including phenoxy) is 1. The molecule has 0 bridgehead atoms. The lowest BCUT2D eigenvalue weighted by atomic mass is 10.1. The van der Waals surface area contributed by atoms with Gasteiger partial charge in [-0.2, -0.15) is 5.10 Å². The molecule has 8 nitrogen and oxygen atoms in total. The van der Waals surface area contributed by atoms with E-state index in [-0.39, 0.29) is 11.9 Å². The highest BCUT2D eigenvalue weighted by Crippen LogP contribution is 2.30. The Morgan fingerprint density at radius 1 is 1.19 bits per heavy atom. The van der Waals surface area contributed by atoms with Crippen LogP contribution in [0.2, 0.25) is 5.02 Å². The van der Waals surface area contributed by atoms with Gasteiger partial charge in [0.1, 0.15) is 17.1 Å². The summed E-state index contributed by atoms with van der Waals surface area (Å²) >= 11 is 6.36. The van der Waals surface area contributed by atoms with E-state index < -0.39 is 0 Å². The number of aryl methyl sites for hydroxylation is 1. The Kier molecular flexibility index (Phi) is 7.55. The van der Waals surface area contributed by atoms with Crippen LogP contribution in [-0.2, 0) is 6.54 Å². The molecule has 0 radical (unpaired) electrons. The normalized spacial score (nSPS) is 11.0. The minimum absolute atomic E-state index is 0.105. The highest BCUT2D eigenvalue weighted by atomic mass is 35.5. The van der Waals surface area contributed by atoms with Crippen LogP contribution in [0.1, 0.15) is 41.4 Å². The van der Waals surface area contributed by atoms with Crippen molar-refractivity contribution in [3.05, 3.63) is 82.6 Å². The summed E-state index contributed by atoms with van der Waals surface area (Å²) in [6, 6.07) is 15.4. The van der Waals surface area contributed by atoms with Gasteiger partial charge in [0.2, 0.25) is 5.95 Å². The third-order valence-corrected chi connectivity index (χ3v) is 5.94. The Labute approximate surface area is 215 Å². The molecule has 0 fully saturated rings. The second kappa shape index (κ2) is 10.8. The van der Waals surface area contributed by atoms with Crippen LogP contribution in [0.3, 0.4) is 0 Å². The molecule has 0 unspecified atom stereocenters. The topological polar surface area (TPSA) is 85.2 Å². The number of aromatic nitrogens is 4. The SMILES string of the molecule is COc1cc(C(=O)N(C)Cc2cccc(C)c2)ccc1Nc1ncc(Cl)c(-c2ccn(C(C)C)n2)n1. The molecule has 0 saturated heterocycles. The lowest BCUT2D eigenvalue weighted by Gasteiger charge is -2.19. The van der Waals surface area contributed by atoms with Gasteiger partial charge in [0.05, 0.1) is 24.0 Å². The van der Waals surface area contributed by atoms with Crippen molar-refractivity contribution in [1.29, 1.82) is 0 Å². The maximum atomic E-state index is 13.1. The number of benzene rings is 2. The smallest absolute Gasteiger partial charge is 0.254 e. The van der Waals surface area contributed by atoms with E-state index in [1.54, 1.807) is 37.3 Å². The Morgan fingerprint density at radius 3 is 2.69 bits per heavy atom. The predicted molar refractivity (Wildman–Crippen MR) is 142 cm³/mol. The molecule has 1 N–H and O–H groups in total. The fourth-order valence-electron chi connectivity index (χ4n) is 3.78. The summed E-state index contributed by atoms with van der Waals surface area (Å²) in [4.78, 5) is 23.6. The van der Waals surface area contributed by atoms with E-state index in [1.165, 1.54) is 6.20 Å². The van der Waals surface area contributed by atoms with Crippen LogP contribution in [0.4, 0.5) is 11.6 Å². The summed E-state index contributed by atoms with van der Waals surface area (Å²) in [5.74, 6) is 0.726. The number of rotatable bonds is 8. The van der Waals surface area contributed by atoms with Crippen LogP contribution < -0.4 is 10.1 Å². The molecule has 0 aliphatic rings. The van der Waals surface area contributed by atoms with Crippen molar-refractivity contribution in [2.75, 3.05) is 19.5 Å². The van der Waals surface area contributed by atoms with E-state index in [2.05, 4.69) is 26.4 Å². The number of carbonyl (C=O) groups is 1. The molecular weight excluding hydrogens is 476 g/mol. The molecule has 4 rings (SSSR count). The van der Waals surface area contributed by atoms with E-state index >= 15 is 0 Å².